The van der Waals surface area contributed by atoms with E-state index in [1.807, 2.05) is 6.07 Å². The molecule has 0 aliphatic carbocycles. The third-order valence-electron chi connectivity index (χ3n) is 7.16. The lowest BCUT2D eigenvalue weighted by atomic mass is 9.81. The van der Waals surface area contributed by atoms with Crippen LogP contribution in [-0.2, 0) is 6.54 Å². The molecule has 10 heteroatoms. The number of halogens is 2. The minimum atomic E-state index is -0.136. The van der Waals surface area contributed by atoms with Crippen LogP contribution < -0.4 is 19.5 Å². The van der Waals surface area contributed by atoms with Gasteiger partial charge in [-0.05, 0) is 49.9 Å². The highest BCUT2D eigenvalue weighted by Gasteiger charge is 2.39. The van der Waals surface area contributed by atoms with Crippen molar-refractivity contribution in [3.8, 4) is 17.2 Å². The quantitative estimate of drug-likeness (QED) is 0.393. The van der Waals surface area contributed by atoms with Gasteiger partial charge in [0, 0.05) is 28.7 Å². The van der Waals surface area contributed by atoms with Crippen LogP contribution in [0.1, 0.15) is 47.5 Å². The van der Waals surface area contributed by atoms with Crippen LogP contribution in [0.5, 0.6) is 17.2 Å². The largest absolute Gasteiger partial charge is 0.493 e. The minimum Gasteiger partial charge on any atom is -0.493 e. The van der Waals surface area contributed by atoms with Crippen molar-refractivity contribution in [3.63, 3.8) is 0 Å². The fourth-order valence-corrected chi connectivity index (χ4v) is 7.26. The van der Waals surface area contributed by atoms with Gasteiger partial charge in [0.1, 0.15) is 10.5 Å². The summed E-state index contributed by atoms with van der Waals surface area (Å²) in [5.74, 6) is 1.26. The van der Waals surface area contributed by atoms with Gasteiger partial charge >= 0.3 is 0 Å². The molecule has 2 bridgehead atoms. The number of hydrogen-bond donors (Lipinski definition) is 1. The number of carbonyl (C=O) groups is 1. The van der Waals surface area contributed by atoms with Crippen molar-refractivity contribution in [2.24, 2.45) is 0 Å². The van der Waals surface area contributed by atoms with E-state index in [1.54, 1.807) is 50.9 Å². The number of fused-ring (bicyclic) bond motifs is 3. The smallest absolute Gasteiger partial charge is 0.251 e. The van der Waals surface area contributed by atoms with Crippen LogP contribution >= 0.6 is 34.5 Å². The molecule has 5 rings (SSSR count). The van der Waals surface area contributed by atoms with Gasteiger partial charge in [0.15, 0.2) is 11.5 Å². The van der Waals surface area contributed by atoms with Crippen molar-refractivity contribution < 1.29 is 19.0 Å². The molecule has 2 aliphatic heterocycles. The van der Waals surface area contributed by atoms with Gasteiger partial charge in [-0.25, -0.2) is 4.98 Å². The van der Waals surface area contributed by atoms with E-state index >= 15 is 0 Å². The van der Waals surface area contributed by atoms with Gasteiger partial charge in [-0.15, -0.1) is 11.3 Å². The summed E-state index contributed by atoms with van der Waals surface area (Å²) >= 11 is 14.2. The van der Waals surface area contributed by atoms with Gasteiger partial charge in [0.05, 0.1) is 37.6 Å². The van der Waals surface area contributed by atoms with Gasteiger partial charge in [-0.3, -0.25) is 9.69 Å². The van der Waals surface area contributed by atoms with E-state index in [2.05, 4.69) is 10.2 Å². The molecule has 2 aromatic carbocycles. The molecule has 2 atom stereocenters. The van der Waals surface area contributed by atoms with Crippen LogP contribution in [0.4, 0.5) is 0 Å². The molecular formula is C26H29Cl2N3O4S. The summed E-state index contributed by atoms with van der Waals surface area (Å²) in [7, 11) is 4.64. The van der Waals surface area contributed by atoms with E-state index < -0.39 is 0 Å². The molecule has 0 spiro atoms. The Labute approximate surface area is 224 Å². The number of nitrogens with zero attached hydrogens (tertiary/aromatic N) is 2. The lowest BCUT2D eigenvalue weighted by Gasteiger charge is -2.48. The maximum absolute atomic E-state index is 13.2. The third kappa shape index (κ3) is 4.96. The molecule has 3 aromatic rings. The second-order valence-corrected chi connectivity index (χ2v) is 11.3. The topological polar surface area (TPSA) is 72.9 Å². The number of amides is 1. The summed E-state index contributed by atoms with van der Waals surface area (Å²) < 4.78 is 17.2. The van der Waals surface area contributed by atoms with Crippen molar-refractivity contribution in [3.05, 3.63) is 44.9 Å². The number of rotatable bonds is 7. The standard InChI is InChI=1S/C26H29Cl2N3O4S/c1-33-20-7-14(8-21(34-2)25(20)35-3)26(32)29-16-11-17-5-4-6-18(12-16)31(17)13-23-30-24-19(28)9-15(27)10-22(24)36-23/h7-10,16-18H,4-6,11-13H2,1-3H3,(H,29,32). The number of carbonyl (C=O) groups excluding carboxylic acids is 1. The number of aromatic nitrogens is 1. The van der Waals surface area contributed by atoms with Crippen molar-refractivity contribution in [2.45, 2.75) is 56.8 Å². The summed E-state index contributed by atoms with van der Waals surface area (Å²) in [4.78, 5) is 20.6. The SMILES string of the molecule is COc1cc(C(=O)NC2CC3CCCC(C2)N3Cc2nc3c(Cl)cc(Cl)cc3s2)cc(OC)c1OC. The maximum Gasteiger partial charge on any atom is 0.251 e. The molecule has 2 fully saturated rings. The van der Waals surface area contributed by atoms with Crippen molar-refractivity contribution in [1.29, 1.82) is 0 Å². The second-order valence-electron chi connectivity index (χ2n) is 9.31. The lowest BCUT2D eigenvalue weighted by molar-refractivity contribution is 0.0177. The summed E-state index contributed by atoms with van der Waals surface area (Å²) in [6.45, 7) is 0.788. The number of thiazole rings is 1. The number of piperidine rings is 2. The molecule has 0 radical (unpaired) electrons. The van der Waals surface area contributed by atoms with E-state index in [1.165, 1.54) is 6.42 Å². The normalized spacial score (nSPS) is 21.9. The minimum absolute atomic E-state index is 0.103. The Hall–Kier alpha value is -2.26. The first-order chi connectivity index (χ1) is 17.4. The van der Waals surface area contributed by atoms with Crippen LogP contribution in [0.15, 0.2) is 24.3 Å². The van der Waals surface area contributed by atoms with E-state index in [9.17, 15) is 4.79 Å². The highest BCUT2D eigenvalue weighted by Crippen LogP contribution is 2.40. The maximum atomic E-state index is 13.2. The van der Waals surface area contributed by atoms with Crippen LogP contribution in [0.25, 0.3) is 10.2 Å². The van der Waals surface area contributed by atoms with Crippen LogP contribution in [0.3, 0.4) is 0 Å². The van der Waals surface area contributed by atoms with E-state index in [0.29, 0.717) is 44.9 Å². The molecule has 1 N–H and O–H groups in total. The molecule has 2 unspecified atom stereocenters. The first kappa shape index (κ1) is 25.4. The van der Waals surface area contributed by atoms with Gasteiger partial charge < -0.3 is 19.5 Å². The fraction of sp³-hybridized carbons (Fsp3) is 0.462. The third-order valence-corrected chi connectivity index (χ3v) is 8.66. The Balaban J connectivity index is 1.30. The van der Waals surface area contributed by atoms with Crippen molar-refractivity contribution in [2.75, 3.05) is 21.3 Å². The zero-order chi connectivity index (χ0) is 25.4. The molecule has 0 saturated carbocycles. The van der Waals surface area contributed by atoms with E-state index in [0.717, 1.165) is 47.5 Å². The number of benzene rings is 2. The van der Waals surface area contributed by atoms with Gasteiger partial charge in [-0.1, -0.05) is 29.6 Å². The van der Waals surface area contributed by atoms with Crippen LogP contribution in [0.2, 0.25) is 10.0 Å². The summed E-state index contributed by atoms with van der Waals surface area (Å²) in [5.41, 5.74) is 1.31. The monoisotopic (exact) mass is 549 g/mol. The Morgan fingerprint density at radius 3 is 2.33 bits per heavy atom. The molecular weight excluding hydrogens is 521 g/mol. The second kappa shape index (κ2) is 10.6. The van der Waals surface area contributed by atoms with Crippen LogP contribution in [-0.4, -0.2) is 55.2 Å². The summed E-state index contributed by atoms with van der Waals surface area (Å²) in [6, 6.07) is 7.95. The van der Waals surface area contributed by atoms with E-state index in [-0.39, 0.29) is 11.9 Å². The molecule has 1 aromatic heterocycles. The van der Waals surface area contributed by atoms with Crippen molar-refractivity contribution in [1.82, 2.24) is 15.2 Å². The Bertz CT molecular complexity index is 1240. The average molecular weight is 551 g/mol. The number of ether oxygens (including phenoxy) is 3. The number of nitrogens with one attached hydrogen (secondary N) is 1. The highest BCUT2D eigenvalue weighted by molar-refractivity contribution is 7.18. The lowest BCUT2D eigenvalue weighted by Crippen LogP contribution is -2.56. The zero-order valence-electron chi connectivity index (χ0n) is 20.5. The molecule has 7 nitrogen and oxygen atoms in total. The first-order valence-corrected chi connectivity index (χ1v) is 13.6. The first-order valence-electron chi connectivity index (χ1n) is 12.0. The van der Waals surface area contributed by atoms with Crippen LogP contribution in [0, 0.1) is 0 Å². The van der Waals surface area contributed by atoms with Crippen molar-refractivity contribution >= 4 is 50.7 Å². The average Bonchev–Trinajstić information content (AvgIpc) is 3.26. The predicted octanol–water partition coefficient (Wildman–Crippen LogP) is 5.94. The molecule has 2 aliphatic rings. The van der Waals surface area contributed by atoms with E-state index in [4.69, 9.17) is 42.4 Å². The summed E-state index contributed by atoms with van der Waals surface area (Å²) in [5, 5.41) is 5.53. The number of methoxy groups -OCH3 is 3. The molecule has 3 heterocycles. The molecule has 192 valence electrons. The molecule has 1 amide bonds. The summed E-state index contributed by atoms with van der Waals surface area (Å²) in [6.07, 6.45) is 5.25. The molecule has 36 heavy (non-hydrogen) atoms. The number of hydrogen-bond acceptors (Lipinski definition) is 7. The van der Waals surface area contributed by atoms with Gasteiger partial charge in [0.25, 0.3) is 5.91 Å². The fourth-order valence-electron chi connectivity index (χ4n) is 5.56. The highest BCUT2D eigenvalue weighted by atomic mass is 35.5. The predicted molar refractivity (Wildman–Crippen MR) is 143 cm³/mol. The Kier molecular flexibility index (Phi) is 7.49. The van der Waals surface area contributed by atoms with Gasteiger partial charge in [0.2, 0.25) is 5.75 Å². The Morgan fingerprint density at radius 2 is 1.72 bits per heavy atom. The zero-order valence-corrected chi connectivity index (χ0v) is 22.8. The van der Waals surface area contributed by atoms with Gasteiger partial charge in [-0.2, -0.15) is 0 Å². The molecule has 2 saturated heterocycles. The Morgan fingerprint density at radius 1 is 1.06 bits per heavy atom.